The minimum atomic E-state index is -0.375. The van der Waals surface area contributed by atoms with Gasteiger partial charge in [0.05, 0.1) is 6.61 Å². The van der Waals surface area contributed by atoms with Crippen LogP contribution in [-0.4, -0.2) is 18.6 Å². The first-order chi connectivity index (χ1) is 14.0. The van der Waals surface area contributed by atoms with Gasteiger partial charge in [-0.05, 0) is 56.5 Å². The Balaban J connectivity index is 2.21. The number of nitrogens with zero attached hydrogens (tertiary/aromatic N) is 1. The molecule has 1 atom stereocenters. The highest BCUT2D eigenvalue weighted by atomic mass is 16.5. The fraction of sp³-hybridized carbons (Fsp3) is 0.333. The summed E-state index contributed by atoms with van der Waals surface area (Å²) in [7, 11) is 0. The van der Waals surface area contributed by atoms with Crippen LogP contribution in [0.1, 0.15) is 43.9 Å². The van der Waals surface area contributed by atoms with Crippen molar-refractivity contribution in [2.24, 2.45) is 0 Å². The fourth-order valence-electron chi connectivity index (χ4n) is 2.68. The highest BCUT2D eigenvalue weighted by Gasteiger charge is 2.13. The largest absolute Gasteiger partial charge is 0.490 e. The third-order valence-electron chi connectivity index (χ3n) is 4.41. The van der Waals surface area contributed by atoms with Crippen LogP contribution < -0.4 is 14.8 Å². The van der Waals surface area contributed by atoms with E-state index >= 15 is 0 Å². The van der Waals surface area contributed by atoms with Crippen LogP contribution in [0.25, 0.3) is 6.08 Å². The van der Waals surface area contributed by atoms with E-state index in [0.29, 0.717) is 30.3 Å². The van der Waals surface area contributed by atoms with Crippen LogP contribution in [0.15, 0.2) is 48.0 Å². The van der Waals surface area contributed by atoms with Crippen molar-refractivity contribution < 1.29 is 14.3 Å². The molecule has 0 heterocycles. The fourth-order valence-corrected chi connectivity index (χ4v) is 2.68. The number of ether oxygens (including phenoxy) is 2. The van der Waals surface area contributed by atoms with E-state index < -0.39 is 0 Å². The molecule has 0 radical (unpaired) electrons. The topological polar surface area (TPSA) is 71.3 Å². The van der Waals surface area contributed by atoms with Gasteiger partial charge >= 0.3 is 0 Å². The summed E-state index contributed by atoms with van der Waals surface area (Å²) in [6, 6.07) is 15.5. The molecule has 0 spiro atoms. The zero-order chi connectivity index (χ0) is 21.2. The van der Waals surface area contributed by atoms with Crippen molar-refractivity contribution in [3.05, 3.63) is 64.7 Å². The van der Waals surface area contributed by atoms with Crippen molar-refractivity contribution in [1.29, 1.82) is 5.26 Å². The summed E-state index contributed by atoms with van der Waals surface area (Å²) in [6.07, 6.45) is 2.36. The molecular formula is C24H28N2O3. The van der Waals surface area contributed by atoms with Crippen LogP contribution in [0.2, 0.25) is 0 Å². The van der Waals surface area contributed by atoms with E-state index in [1.165, 1.54) is 5.56 Å². The maximum absolute atomic E-state index is 12.3. The second-order valence-electron chi connectivity index (χ2n) is 6.87. The Kier molecular flexibility index (Phi) is 8.29. The first-order valence-corrected chi connectivity index (χ1v) is 9.84. The number of aryl methyl sites for hydroxylation is 1. The molecular weight excluding hydrogens is 364 g/mol. The van der Waals surface area contributed by atoms with Crippen LogP contribution in [0, 0.1) is 18.3 Å². The van der Waals surface area contributed by atoms with Crippen molar-refractivity contribution in [2.45, 2.75) is 46.8 Å². The lowest BCUT2D eigenvalue weighted by atomic mass is 10.1. The second kappa shape index (κ2) is 10.9. The third kappa shape index (κ3) is 6.69. The van der Waals surface area contributed by atoms with Crippen molar-refractivity contribution in [3.63, 3.8) is 0 Å². The quantitative estimate of drug-likeness (QED) is 0.492. The van der Waals surface area contributed by atoms with Crippen molar-refractivity contribution in [2.75, 3.05) is 6.61 Å². The average molecular weight is 392 g/mol. The highest BCUT2D eigenvalue weighted by Crippen LogP contribution is 2.30. The van der Waals surface area contributed by atoms with Crippen molar-refractivity contribution >= 4 is 12.0 Å². The molecule has 0 unspecified atom stereocenters. The minimum Gasteiger partial charge on any atom is -0.490 e. The number of benzene rings is 2. The first kappa shape index (κ1) is 22.0. The molecule has 1 amide bonds. The maximum Gasteiger partial charge on any atom is 0.262 e. The molecule has 29 heavy (non-hydrogen) atoms. The molecule has 0 bridgehead atoms. The number of rotatable bonds is 9. The van der Waals surface area contributed by atoms with E-state index in [-0.39, 0.29) is 17.5 Å². The zero-order valence-electron chi connectivity index (χ0n) is 17.5. The molecule has 0 aliphatic rings. The van der Waals surface area contributed by atoms with E-state index in [1.54, 1.807) is 18.2 Å². The Bertz CT molecular complexity index is 913. The van der Waals surface area contributed by atoms with E-state index in [0.717, 1.165) is 12.0 Å². The summed E-state index contributed by atoms with van der Waals surface area (Å²) in [5.74, 6) is 0.821. The monoisotopic (exact) mass is 392 g/mol. The van der Waals surface area contributed by atoms with Crippen LogP contribution >= 0.6 is 0 Å². The molecule has 0 aliphatic carbocycles. The molecule has 0 aliphatic heterocycles. The Morgan fingerprint density at radius 2 is 1.97 bits per heavy atom. The first-order valence-electron chi connectivity index (χ1n) is 9.84. The summed E-state index contributed by atoms with van der Waals surface area (Å²) in [6.45, 7) is 8.73. The summed E-state index contributed by atoms with van der Waals surface area (Å²) < 4.78 is 11.7. The van der Waals surface area contributed by atoms with Crippen LogP contribution in [0.3, 0.4) is 0 Å². The van der Waals surface area contributed by atoms with E-state index in [9.17, 15) is 10.1 Å². The number of hydrogen-bond acceptors (Lipinski definition) is 4. The third-order valence-corrected chi connectivity index (χ3v) is 4.41. The zero-order valence-corrected chi connectivity index (χ0v) is 17.5. The SMILES string of the molecule is CCOc1cc(/C=C(\C#N)C(=O)N[C@H](C)CC)ccc1OCc1cccc(C)c1. The van der Waals surface area contributed by atoms with Gasteiger partial charge < -0.3 is 14.8 Å². The Morgan fingerprint density at radius 1 is 1.17 bits per heavy atom. The lowest BCUT2D eigenvalue weighted by molar-refractivity contribution is -0.117. The van der Waals surface area contributed by atoms with Gasteiger partial charge in [0, 0.05) is 6.04 Å². The van der Waals surface area contributed by atoms with Gasteiger partial charge in [-0.1, -0.05) is 42.8 Å². The Morgan fingerprint density at radius 3 is 2.62 bits per heavy atom. The van der Waals surface area contributed by atoms with Crippen molar-refractivity contribution in [1.82, 2.24) is 5.32 Å². The summed E-state index contributed by atoms with van der Waals surface area (Å²) in [4.78, 5) is 12.3. The second-order valence-corrected chi connectivity index (χ2v) is 6.87. The van der Waals surface area contributed by atoms with Gasteiger partial charge in [-0.3, -0.25) is 4.79 Å². The van der Waals surface area contributed by atoms with E-state index in [4.69, 9.17) is 9.47 Å². The standard InChI is InChI=1S/C24H28N2O3/c1-5-18(4)26-24(27)21(15-25)13-19-10-11-22(23(14-19)28-6-2)29-16-20-9-7-8-17(3)12-20/h7-14,18H,5-6,16H2,1-4H3,(H,26,27)/b21-13+/t18-/m1/s1. The van der Waals surface area contributed by atoms with Crippen LogP contribution in [0.4, 0.5) is 0 Å². The number of nitriles is 1. The van der Waals surface area contributed by atoms with Crippen LogP contribution in [0.5, 0.6) is 11.5 Å². The Labute approximate surface area is 173 Å². The number of nitrogens with one attached hydrogen (secondary N) is 1. The number of hydrogen-bond donors (Lipinski definition) is 1. The van der Waals surface area contributed by atoms with E-state index in [2.05, 4.69) is 11.4 Å². The average Bonchev–Trinajstić information content (AvgIpc) is 2.71. The van der Waals surface area contributed by atoms with Gasteiger partial charge in [0.25, 0.3) is 5.91 Å². The van der Waals surface area contributed by atoms with Gasteiger partial charge in [0.2, 0.25) is 0 Å². The van der Waals surface area contributed by atoms with Crippen LogP contribution in [-0.2, 0) is 11.4 Å². The van der Waals surface area contributed by atoms with Gasteiger partial charge in [-0.2, -0.15) is 5.26 Å². The van der Waals surface area contributed by atoms with Gasteiger partial charge in [0.1, 0.15) is 18.2 Å². The molecule has 152 valence electrons. The molecule has 2 rings (SSSR count). The lowest BCUT2D eigenvalue weighted by Gasteiger charge is -2.13. The Hall–Kier alpha value is -3.26. The number of amides is 1. The number of carbonyl (C=O) groups excluding carboxylic acids is 1. The lowest BCUT2D eigenvalue weighted by Crippen LogP contribution is -2.32. The predicted octanol–water partition coefficient (Wildman–Crippen LogP) is 4.79. The molecule has 1 N–H and O–H groups in total. The molecule has 0 aromatic heterocycles. The van der Waals surface area contributed by atoms with E-state index in [1.807, 2.05) is 58.0 Å². The molecule has 0 saturated carbocycles. The molecule has 0 fully saturated rings. The molecule has 2 aromatic carbocycles. The van der Waals surface area contributed by atoms with Gasteiger partial charge in [-0.15, -0.1) is 0 Å². The smallest absolute Gasteiger partial charge is 0.262 e. The summed E-state index contributed by atoms with van der Waals surface area (Å²) in [5, 5.41) is 12.2. The minimum absolute atomic E-state index is 0.00985. The van der Waals surface area contributed by atoms with Crippen molar-refractivity contribution in [3.8, 4) is 17.6 Å². The summed E-state index contributed by atoms with van der Waals surface area (Å²) >= 11 is 0. The van der Waals surface area contributed by atoms with Gasteiger partial charge in [0.15, 0.2) is 11.5 Å². The molecule has 5 nitrogen and oxygen atoms in total. The molecule has 5 heteroatoms. The maximum atomic E-state index is 12.3. The normalized spacial score (nSPS) is 12.0. The predicted molar refractivity (Wildman–Crippen MR) is 115 cm³/mol. The summed E-state index contributed by atoms with van der Waals surface area (Å²) in [5.41, 5.74) is 3.01. The van der Waals surface area contributed by atoms with Gasteiger partial charge in [-0.25, -0.2) is 0 Å². The molecule has 2 aromatic rings. The highest BCUT2D eigenvalue weighted by molar-refractivity contribution is 6.01. The number of carbonyl (C=O) groups is 1. The molecule has 0 saturated heterocycles.